The third-order valence-corrected chi connectivity index (χ3v) is 4.01. The molecule has 0 fully saturated rings. The smallest absolute Gasteiger partial charge is 0.224 e. The summed E-state index contributed by atoms with van der Waals surface area (Å²) in [6, 6.07) is 13.0. The molecule has 3 aromatic rings. The number of rotatable bonds is 6. The fourth-order valence-corrected chi connectivity index (χ4v) is 2.71. The number of aromatic nitrogens is 2. The van der Waals surface area contributed by atoms with Gasteiger partial charge in [-0.25, -0.2) is 4.98 Å². The zero-order chi connectivity index (χ0) is 17.8. The standard InChI is InChI=1S/C19H21N3O3/c1-12(19-21-14-6-4-5-7-15(14)22-19)20-18(23)11-13-8-9-16(24-2)17(10-13)25-3/h4-10,12H,11H2,1-3H3,(H,20,23)(H,21,22). The number of ether oxygens (including phenoxy) is 2. The number of amides is 1. The topological polar surface area (TPSA) is 76.2 Å². The van der Waals surface area contributed by atoms with Crippen LogP contribution in [0.2, 0.25) is 0 Å². The molecule has 25 heavy (non-hydrogen) atoms. The lowest BCUT2D eigenvalue weighted by Crippen LogP contribution is -2.28. The van der Waals surface area contributed by atoms with Crippen molar-refractivity contribution in [3.63, 3.8) is 0 Å². The Labute approximate surface area is 146 Å². The number of carbonyl (C=O) groups excluding carboxylic acids is 1. The van der Waals surface area contributed by atoms with E-state index in [0.29, 0.717) is 11.5 Å². The summed E-state index contributed by atoms with van der Waals surface area (Å²) in [6.07, 6.45) is 0.255. The summed E-state index contributed by atoms with van der Waals surface area (Å²) in [5, 5.41) is 2.97. The zero-order valence-electron chi connectivity index (χ0n) is 14.5. The molecule has 6 nitrogen and oxygen atoms in total. The minimum atomic E-state index is -0.208. The first-order chi connectivity index (χ1) is 12.1. The molecule has 0 radical (unpaired) electrons. The van der Waals surface area contributed by atoms with Gasteiger partial charge in [0, 0.05) is 0 Å². The van der Waals surface area contributed by atoms with E-state index in [1.165, 1.54) is 0 Å². The minimum Gasteiger partial charge on any atom is -0.493 e. The molecule has 6 heteroatoms. The number of carbonyl (C=O) groups is 1. The second-order valence-corrected chi connectivity index (χ2v) is 5.79. The SMILES string of the molecule is COc1ccc(CC(=O)NC(C)c2nc3ccccc3[nH]2)cc1OC. The van der Waals surface area contributed by atoms with Crippen LogP contribution in [0, 0.1) is 0 Å². The van der Waals surface area contributed by atoms with Gasteiger partial charge in [-0.15, -0.1) is 0 Å². The van der Waals surface area contributed by atoms with Crippen molar-refractivity contribution >= 4 is 16.9 Å². The first-order valence-corrected chi connectivity index (χ1v) is 8.05. The molecule has 0 spiro atoms. The predicted octanol–water partition coefficient (Wildman–Crippen LogP) is 3.00. The molecule has 130 valence electrons. The van der Waals surface area contributed by atoms with E-state index in [0.717, 1.165) is 22.4 Å². The van der Waals surface area contributed by atoms with Crippen LogP contribution in [0.4, 0.5) is 0 Å². The maximum atomic E-state index is 12.3. The molecule has 1 aromatic heterocycles. The number of methoxy groups -OCH3 is 2. The third-order valence-electron chi connectivity index (χ3n) is 4.01. The molecule has 1 heterocycles. The number of H-pyrrole nitrogens is 1. The number of imidazole rings is 1. The fourth-order valence-electron chi connectivity index (χ4n) is 2.71. The molecule has 1 unspecified atom stereocenters. The monoisotopic (exact) mass is 339 g/mol. The lowest BCUT2D eigenvalue weighted by molar-refractivity contribution is -0.121. The fraction of sp³-hybridized carbons (Fsp3) is 0.263. The molecule has 3 rings (SSSR count). The third kappa shape index (κ3) is 3.74. The van der Waals surface area contributed by atoms with Crippen LogP contribution in [0.5, 0.6) is 11.5 Å². The minimum absolute atomic E-state index is 0.0832. The maximum Gasteiger partial charge on any atom is 0.224 e. The molecule has 0 aliphatic rings. The lowest BCUT2D eigenvalue weighted by Gasteiger charge is -2.13. The van der Waals surface area contributed by atoms with Gasteiger partial charge in [0.1, 0.15) is 5.82 Å². The summed E-state index contributed by atoms with van der Waals surface area (Å²) in [6.45, 7) is 1.91. The van der Waals surface area contributed by atoms with Crippen molar-refractivity contribution in [3.8, 4) is 11.5 Å². The second-order valence-electron chi connectivity index (χ2n) is 5.79. The van der Waals surface area contributed by atoms with E-state index in [1.807, 2.05) is 43.3 Å². The van der Waals surface area contributed by atoms with E-state index in [-0.39, 0.29) is 18.4 Å². The average Bonchev–Trinajstić information content (AvgIpc) is 3.05. The first kappa shape index (κ1) is 16.8. The van der Waals surface area contributed by atoms with Gasteiger partial charge in [-0.05, 0) is 36.8 Å². The number of hydrogen-bond acceptors (Lipinski definition) is 4. The van der Waals surface area contributed by atoms with Crippen molar-refractivity contribution in [3.05, 3.63) is 53.9 Å². The van der Waals surface area contributed by atoms with Gasteiger partial charge in [0.25, 0.3) is 0 Å². The summed E-state index contributed by atoms with van der Waals surface area (Å²) in [5.41, 5.74) is 2.70. The van der Waals surface area contributed by atoms with Crippen LogP contribution in [0.3, 0.4) is 0 Å². The van der Waals surface area contributed by atoms with Crippen molar-refractivity contribution < 1.29 is 14.3 Å². The zero-order valence-corrected chi connectivity index (χ0v) is 14.5. The van der Waals surface area contributed by atoms with Crippen LogP contribution in [-0.4, -0.2) is 30.1 Å². The van der Waals surface area contributed by atoms with E-state index in [9.17, 15) is 4.79 Å². The molecule has 0 aliphatic heterocycles. The predicted molar refractivity (Wildman–Crippen MR) is 95.9 cm³/mol. The molecular weight excluding hydrogens is 318 g/mol. The van der Waals surface area contributed by atoms with Crippen LogP contribution < -0.4 is 14.8 Å². The van der Waals surface area contributed by atoms with Crippen molar-refractivity contribution in [2.45, 2.75) is 19.4 Å². The normalized spacial score (nSPS) is 12.0. The Morgan fingerprint density at radius 1 is 1.16 bits per heavy atom. The number of nitrogens with zero attached hydrogens (tertiary/aromatic N) is 1. The summed E-state index contributed by atoms with van der Waals surface area (Å²) in [4.78, 5) is 20.1. The van der Waals surface area contributed by atoms with Crippen LogP contribution in [0.25, 0.3) is 11.0 Å². The molecule has 2 aromatic carbocycles. The van der Waals surface area contributed by atoms with Crippen molar-refractivity contribution in [1.82, 2.24) is 15.3 Å². The Morgan fingerprint density at radius 3 is 2.64 bits per heavy atom. The molecule has 0 saturated heterocycles. The van der Waals surface area contributed by atoms with E-state index < -0.39 is 0 Å². The summed E-state index contributed by atoms with van der Waals surface area (Å²) in [5.74, 6) is 1.91. The number of nitrogens with one attached hydrogen (secondary N) is 2. The molecule has 0 saturated carbocycles. The van der Waals surface area contributed by atoms with Crippen molar-refractivity contribution in [2.24, 2.45) is 0 Å². The maximum absolute atomic E-state index is 12.3. The molecule has 0 bridgehead atoms. The number of benzene rings is 2. The quantitative estimate of drug-likeness (QED) is 0.724. The van der Waals surface area contributed by atoms with Gasteiger partial charge in [0.2, 0.25) is 5.91 Å². The van der Waals surface area contributed by atoms with E-state index in [4.69, 9.17) is 9.47 Å². The van der Waals surface area contributed by atoms with Crippen LogP contribution in [-0.2, 0) is 11.2 Å². The van der Waals surface area contributed by atoms with Crippen molar-refractivity contribution in [2.75, 3.05) is 14.2 Å². The van der Waals surface area contributed by atoms with E-state index in [1.54, 1.807) is 20.3 Å². The number of hydrogen-bond donors (Lipinski definition) is 2. The highest BCUT2D eigenvalue weighted by atomic mass is 16.5. The van der Waals surface area contributed by atoms with Gasteiger partial charge in [-0.3, -0.25) is 4.79 Å². The Balaban J connectivity index is 1.67. The van der Waals surface area contributed by atoms with Gasteiger partial charge in [-0.1, -0.05) is 18.2 Å². The number of fused-ring (bicyclic) bond motifs is 1. The van der Waals surface area contributed by atoms with Crippen LogP contribution in [0.15, 0.2) is 42.5 Å². The first-order valence-electron chi connectivity index (χ1n) is 8.05. The summed E-state index contributed by atoms with van der Waals surface area (Å²) < 4.78 is 10.5. The summed E-state index contributed by atoms with van der Waals surface area (Å²) in [7, 11) is 3.16. The van der Waals surface area contributed by atoms with Gasteiger partial charge < -0.3 is 19.8 Å². The lowest BCUT2D eigenvalue weighted by atomic mass is 10.1. The highest BCUT2D eigenvalue weighted by Gasteiger charge is 2.14. The molecular formula is C19H21N3O3. The largest absolute Gasteiger partial charge is 0.493 e. The molecule has 0 aliphatic carbocycles. The Morgan fingerprint density at radius 2 is 1.92 bits per heavy atom. The summed E-state index contributed by atoms with van der Waals surface area (Å²) >= 11 is 0. The molecule has 1 atom stereocenters. The Kier molecular flexibility index (Phi) is 4.88. The molecule has 2 N–H and O–H groups in total. The molecule has 1 amide bonds. The van der Waals surface area contributed by atoms with Crippen molar-refractivity contribution in [1.29, 1.82) is 0 Å². The van der Waals surface area contributed by atoms with Gasteiger partial charge in [0.15, 0.2) is 11.5 Å². The van der Waals surface area contributed by atoms with Gasteiger partial charge in [0.05, 0.1) is 37.7 Å². The van der Waals surface area contributed by atoms with E-state index in [2.05, 4.69) is 15.3 Å². The Bertz CT molecular complexity index is 856. The van der Waals surface area contributed by atoms with Gasteiger partial charge in [-0.2, -0.15) is 0 Å². The Hall–Kier alpha value is -3.02. The van der Waals surface area contributed by atoms with Gasteiger partial charge >= 0.3 is 0 Å². The average molecular weight is 339 g/mol. The highest BCUT2D eigenvalue weighted by Crippen LogP contribution is 2.27. The van der Waals surface area contributed by atoms with E-state index >= 15 is 0 Å². The number of para-hydroxylation sites is 2. The number of aromatic amines is 1. The highest BCUT2D eigenvalue weighted by molar-refractivity contribution is 5.79. The van der Waals surface area contributed by atoms with Crippen LogP contribution in [0.1, 0.15) is 24.4 Å². The second kappa shape index (κ2) is 7.25. The van der Waals surface area contributed by atoms with Crippen LogP contribution >= 0.6 is 0 Å².